The van der Waals surface area contributed by atoms with Crippen molar-refractivity contribution >= 4 is 35.0 Å². The molecule has 0 saturated heterocycles. The predicted molar refractivity (Wildman–Crippen MR) is 131 cm³/mol. The van der Waals surface area contributed by atoms with E-state index in [1.54, 1.807) is 23.9 Å². The highest BCUT2D eigenvalue weighted by Gasteiger charge is 2.20. The third kappa shape index (κ3) is 4.89. The van der Waals surface area contributed by atoms with Crippen LogP contribution >= 0.6 is 23.4 Å². The maximum Gasteiger partial charge on any atom is 0.234 e. The molecule has 10 heteroatoms. The lowest BCUT2D eigenvalue weighted by molar-refractivity contribution is -0.113. The summed E-state index contributed by atoms with van der Waals surface area (Å²) in [6.07, 6.45) is 1.90. The highest BCUT2D eigenvalue weighted by molar-refractivity contribution is 7.99. The Kier molecular flexibility index (Phi) is 6.71. The van der Waals surface area contributed by atoms with Gasteiger partial charge in [-0.1, -0.05) is 41.6 Å². The molecular weight excluding hydrogens is 460 g/mol. The Morgan fingerprint density at radius 1 is 1.18 bits per heavy atom. The number of nitrogens with one attached hydrogen (secondary N) is 1. The monoisotopic (exact) mass is 482 g/mol. The molecule has 0 atom stereocenters. The molecule has 0 bridgehead atoms. The summed E-state index contributed by atoms with van der Waals surface area (Å²) in [6.45, 7) is 1.87. The minimum Gasteiger partial charge on any atom is -0.497 e. The first-order valence-corrected chi connectivity index (χ1v) is 11.5. The lowest BCUT2D eigenvalue weighted by Crippen LogP contribution is -2.15. The van der Waals surface area contributed by atoms with Crippen molar-refractivity contribution in [1.82, 2.24) is 24.5 Å². The van der Waals surface area contributed by atoms with Crippen LogP contribution in [0.1, 0.15) is 5.56 Å². The highest BCUT2D eigenvalue weighted by Crippen LogP contribution is 2.33. The Labute approximate surface area is 200 Å². The standard InChI is InChI=1S/C23H23ClN6O2S/c1-14-18(24)9-6-10-19(14)25-20(31)13-33-23-27-26-22(30(23)3)17-12-29(2)28-21(17)15-7-5-8-16(11-15)32-4/h5-12H,13H2,1-4H3,(H,25,31). The van der Waals surface area contributed by atoms with E-state index in [4.69, 9.17) is 16.3 Å². The SMILES string of the molecule is COc1cccc(-c2nn(C)cc2-c2nnc(SCC(=O)Nc3cccc(Cl)c3C)n2C)c1. The molecule has 4 rings (SSSR count). The van der Waals surface area contributed by atoms with Crippen molar-refractivity contribution in [1.29, 1.82) is 0 Å². The highest BCUT2D eigenvalue weighted by atomic mass is 35.5. The Bertz CT molecular complexity index is 1320. The number of aromatic nitrogens is 5. The van der Waals surface area contributed by atoms with Crippen LogP contribution in [0.25, 0.3) is 22.6 Å². The molecule has 170 valence electrons. The van der Waals surface area contributed by atoms with E-state index >= 15 is 0 Å². The number of anilines is 1. The maximum atomic E-state index is 12.5. The summed E-state index contributed by atoms with van der Waals surface area (Å²) in [5, 5.41) is 17.4. The lowest BCUT2D eigenvalue weighted by Gasteiger charge is -2.09. The van der Waals surface area contributed by atoms with Gasteiger partial charge in [-0.25, -0.2) is 0 Å². The molecule has 1 amide bonds. The minimum absolute atomic E-state index is 0.145. The Hall–Kier alpha value is -3.30. The Balaban J connectivity index is 1.53. The maximum absolute atomic E-state index is 12.5. The molecule has 0 aliphatic rings. The van der Waals surface area contributed by atoms with Gasteiger partial charge in [0.05, 0.1) is 18.4 Å². The molecule has 0 unspecified atom stereocenters. The number of ether oxygens (including phenoxy) is 1. The first-order chi connectivity index (χ1) is 15.9. The van der Waals surface area contributed by atoms with Gasteiger partial charge in [-0.3, -0.25) is 9.48 Å². The van der Waals surface area contributed by atoms with Crippen molar-refractivity contribution in [3.05, 3.63) is 59.2 Å². The normalized spacial score (nSPS) is 10.9. The van der Waals surface area contributed by atoms with Crippen molar-refractivity contribution in [2.45, 2.75) is 12.1 Å². The molecule has 2 heterocycles. The van der Waals surface area contributed by atoms with E-state index in [2.05, 4.69) is 20.6 Å². The molecule has 33 heavy (non-hydrogen) atoms. The number of nitrogens with zero attached hydrogens (tertiary/aromatic N) is 5. The molecule has 0 aliphatic carbocycles. The van der Waals surface area contributed by atoms with E-state index < -0.39 is 0 Å². The van der Waals surface area contributed by atoms with Crippen LogP contribution in [-0.4, -0.2) is 43.3 Å². The van der Waals surface area contributed by atoms with Gasteiger partial charge in [0, 0.05) is 36.6 Å². The first-order valence-electron chi connectivity index (χ1n) is 10.1. The van der Waals surface area contributed by atoms with E-state index in [9.17, 15) is 4.79 Å². The van der Waals surface area contributed by atoms with Crippen LogP contribution in [0, 0.1) is 6.92 Å². The van der Waals surface area contributed by atoms with Crippen LogP contribution in [0.3, 0.4) is 0 Å². The molecule has 2 aromatic carbocycles. The zero-order chi connectivity index (χ0) is 23.5. The molecule has 4 aromatic rings. The summed E-state index contributed by atoms with van der Waals surface area (Å²) in [5.41, 5.74) is 4.06. The fourth-order valence-corrected chi connectivity index (χ4v) is 4.26. The number of rotatable bonds is 7. The number of halogens is 1. The van der Waals surface area contributed by atoms with Crippen LogP contribution in [-0.2, 0) is 18.9 Å². The number of carbonyl (C=O) groups is 1. The van der Waals surface area contributed by atoms with E-state index in [0.717, 1.165) is 28.1 Å². The fraction of sp³-hybridized carbons (Fsp3) is 0.217. The predicted octanol–water partition coefficient (Wildman–Crippen LogP) is 4.58. The molecule has 2 aromatic heterocycles. The van der Waals surface area contributed by atoms with Gasteiger partial charge in [-0.2, -0.15) is 5.10 Å². The van der Waals surface area contributed by atoms with Gasteiger partial charge >= 0.3 is 0 Å². The summed E-state index contributed by atoms with van der Waals surface area (Å²) < 4.78 is 8.96. The number of aryl methyl sites for hydroxylation is 1. The Morgan fingerprint density at radius 3 is 2.76 bits per heavy atom. The van der Waals surface area contributed by atoms with Crippen LogP contribution in [0.15, 0.2) is 53.8 Å². The van der Waals surface area contributed by atoms with Crippen molar-refractivity contribution in [2.24, 2.45) is 14.1 Å². The second kappa shape index (κ2) is 9.68. The molecule has 8 nitrogen and oxygen atoms in total. The second-order valence-corrected chi connectivity index (χ2v) is 8.76. The van der Waals surface area contributed by atoms with Gasteiger partial charge in [0.2, 0.25) is 5.91 Å². The van der Waals surface area contributed by atoms with Crippen LogP contribution in [0.2, 0.25) is 5.02 Å². The summed E-state index contributed by atoms with van der Waals surface area (Å²) in [4.78, 5) is 12.5. The van der Waals surface area contributed by atoms with Crippen molar-refractivity contribution in [2.75, 3.05) is 18.2 Å². The second-order valence-electron chi connectivity index (χ2n) is 7.41. The van der Waals surface area contributed by atoms with Gasteiger partial charge in [0.15, 0.2) is 11.0 Å². The molecule has 0 saturated carbocycles. The molecule has 0 radical (unpaired) electrons. The summed E-state index contributed by atoms with van der Waals surface area (Å²) in [6, 6.07) is 13.1. The van der Waals surface area contributed by atoms with Crippen LogP contribution in [0.4, 0.5) is 5.69 Å². The van der Waals surface area contributed by atoms with E-state index in [1.165, 1.54) is 11.8 Å². The van der Waals surface area contributed by atoms with Crippen molar-refractivity contribution < 1.29 is 9.53 Å². The number of hydrogen-bond donors (Lipinski definition) is 1. The number of amides is 1. The molecular formula is C23H23ClN6O2S. The zero-order valence-corrected chi connectivity index (χ0v) is 20.2. The van der Waals surface area contributed by atoms with E-state index in [-0.39, 0.29) is 11.7 Å². The number of methoxy groups -OCH3 is 1. The van der Waals surface area contributed by atoms with Gasteiger partial charge in [0.1, 0.15) is 11.4 Å². The minimum atomic E-state index is -0.145. The third-order valence-electron chi connectivity index (χ3n) is 5.12. The number of hydrogen-bond acceptors (Lipinski definition) is 6. The largest absolute Gasteiger partial charge is 0.497 e. The van der Waals surface area contributed by atoms with Crippen LogP contribution < -0.4 is 10.1 Å². The first kappa shape index (κ1) is 22.9. The molecule has 1 N–H and O–H groups in total. The van der Waals surface area contributed by atoms with E-state index in [0.29, 0.717) is 21.7 Å². The average molecular weight is 483 g/mol. The van der Waals surface area contributed by atoms with Crippen LogP contribution in [0.5, 0.6) is 5.75 Å². The number of carbonyl (C=O) groups excluding carboxylic acids is 1. The number of benzene rings is 2. The average Bonchev–Trinajstić information content (AvgIpc) is 3.37. The summed E-state index contributed by atoms with van der Waals surface area (Å²) >= 11 is 7.45. The zero-order valence-electron chi connectivity index (χ0n) is 18.7. The van der Waals surface area contributed by atoms with Crippen molar-refractivity contribution in [3.63, 3.8) is 0 Å². The third-order valence-corrected chi connectivity index (χ3v) is 6.55. The lowest BCUT2D eigenvalue weighted by atomic mass is 10.1. The molecule has 0 aliphatic heterocycles. The number of thioether (sulfide) groups is 1. The van der Waals surface area contributed by atoms with E-state index in [1.807, 2.05) is 62.1 Å². The molecule has 0 spiro atoms. The smallest absolute Gasteiger partial charge is 0.234 e. The van der Waals surface area contributed by atoms with Gasteiger partial charge in [-0.15, -0.1) is 10.2 Å². The summed E-state index contributed by atoms with van der Waals surface area (Å²) in [5.74, 6) is 1.45. The topological polar surface area (TPSA) is 86.9 Å². The quantitative estimate of drug-likeness (QED) is 0.388. The summed E-state index contributed by atoms with van der Waals surface area (Å²) in [7, 11) is 5.37. The van der Waals surface area contributed by atoms with Gasteiger partial charge in [-0.05, 0) is 36.8 Å². The fourth-order valence-electron chi connectivity index (χ4n) is 3.37. The van der Waals surface area contributed by atoms with Gasteiger partial charge < -0.3 is 14.6 Å². The Morgan fingerprint density at radius 2 is 1.97 bits per heavy atom. The molecule has 0 fully saturated rings. The van der Waals surface area contributed by atoms with Crippen molar-refractivity contribution in [3.8, 4) is 28.4 Å². The van der Waals surface area contributed by atoms with Gasteiger partial charge in [0.25, 0.3) is 0 Å².